The summed E-state index contributed by atoms with van der Waals surface area (Å²) in [5.41, 5.74) is 0.299. The van der Waals surface area contributed by atoms with Crippen LogP contribution in [0.1, 0.15) is 46.9 Å². The van der Waals surface area contributed by atoms with Crippen LogP contribution in [-0.4, -0.2) is 38.2 Å². The first-order valence-corrected chi connectivity index (χ1v) is 9.09. The van der Waals surface area contributed by atoms with Crippen LogP contribution < -0.4 is 0 Å². The highest BCUT2D eigenvalue weighted by Crippen LogP contribution is 2.36. The summed E-state index contributed by atoms with van der Waals surface area (Å²) in [5.74, 6) is 0.903. The van der Waals surface area contributed by atoms with Crippen molar-refractivity contribution in [1.29, 1.82) is 0 Å². The van der Waals surface area contributed by atoms with E-state index in [2.05, 4.69) is 56.8 Å². The molecule has 1 aromatic heterocycles. The first-order chi connectivity index (χ1) is 10.4. The molecule has 0 N–H and O–H groups in total. The average Bonchev–Trinajstić information content (AvgIpc) is 2.63. The molecule has 0 spiro atoms. The zero-order chi connectivity index (χ0) is 17.6. The standard InChI is InChI=1S/C16H23Br2N3O2/c1-15(2,3)23-14(22)21-8-7-10(9-16(21,4)5)13-19-11(17)12(18)20(13)6/h7H,8-9H2,1-6H3. The van der Waals surface area contributed by atoms with Crippen molar-refractivity contribution in [3.8, 4) is 0 Å². The molecule has 7 heteroatoms. The molecular formula is C16H23Br2N3O2. The third-order valence-electron chi connectivity index (χ3n) is 3.76. The fourth-order valence-corrected chi connectivity index (χ4v) is 3.31. The number of hydrogen-bond acceptors (Lipinski definition) is 3. The number of ether oxygens (including phenoxy) is 1. The summed E-state index contributed by atoms with van der Waals surface area (Å²) in [6, 6.07) is 0. The van der Waals surface area contributed by atoms with Crippen LogP contribution in [0.4, 0.5) is 4.79 Å². The van der Waals surface area contributed by atoms with Crippen molar-refractivity contribution >= 4 is 43.5 Å². The molecule has 1 aromatic rings. The van der Waals surface area contributed by atoms with Crippen molar-refractivity contribution in [2.24, 2.45) is 7.05 Å². The Morgan fingerprint density at radius 1 is 1.35 bits per heavy atom. The zero-order valence-corrected chi connectivity index (χ0v) is 17.6. The van der Waals surface area contributed by atoms with E-state index in [9.17, 15) is 4.79 Å². The number of aromatic nitrogens is 2. The number of nitrogens with zero attached hydrogens (tertiary/aromatic N) is 3. The van der Waals surface area contributed by atoms with E-state index in [0.29, 0.717) is 6.54 Å². The quantitative estimate of drug-likeness (QED) is 0.622. The lowest BCUT2D eigenvalue weighted by atomic mass is 9.89. The summed E-state index contributed by atoms with van der Waals surface area (Å²) < 4.78 is 9.20. The maximum absolute atomic E-state index is 12.4. The van der Waals surface area contributed by atoms with Crippen molar-refractivity contribution < 1.29 is 9.53 Å². The summed E-state index contributed by atoms with van der Waals surface area (Å²) in [7, 11) is 1.96. The first kappa shape index (κ1) is 18.5. The monoisotopic (exact) mass is 447 g/mol. The average molecular weight is 449 g/mol. The smallest absolute Gasteiger partial charge is 0.411 e. The van der Waals surface area contributed by atoms with Crippen molar-refractivity contribution in [2.45, 2.75) is 52.2 Å². The second-order valence-electron chi connectivity index (χ2n) is 7.39. The van der Waals surface area contributed by atoms with E-state index >= 15 is 0 Å². The Bertz CT molecular complexity index is 657. The summed E-state index contributed by atoms with van der Waals surface area (Å²) in [6.45, 7) is 10.3. The largest absolute Gasteiger partial charge is 0.444 e. The molecular weight excluding hydrogens is 426 g/mol. The minimum Gasteiger partial charge on any atom is -0.444 e. The van der Waals surface area contributed by atoms with Crippen molar-refractivity contribution in [2.75, 3.05) is 6.54 Å². The van der Waals surface area contributed by atoms with Gasteiger partial charge in [-0.1, -0.05) is 6.08 Å². The van der Waals surface area contributed by atoms with Gasteiger partial charge in [-0.05, 0) is 78.5 Å². The molecule has 1 aliphatic heterocycles. The molecule has 0 unspecified atom stereocenters. The van der Waals surface area contributed by atoms with Gasteiger partial charge in [0.25, 0.3) is 0 Å². The van der Waals surface area contributed by atoms with Gasteiger partial charge in [0.15, 0.2) is 0 Å². The minimum absolute atomic E-state index is 0.278. The summed E-state index contributed by atoms with van der Waals surface area (Å²) in [4.78, 5) is 18.8. The van der Waals surface area contributed by atoms with E-state index < -0.39 is 5.60 Å². The van der Waals surface area contributed by atoms with E-state index in [-0.39, 0.29) is 11.6 Å². The Balaban J connectivity index is 2.27. The lowest BCUT2D eigenvalue weighted by Gasteiger charge is -2.42. The molecule has 1 amide bonds. The molecule has 0 radical (unpaired) electrons. The highest BCUT2D eigenvalue weighted by atomic mass is 79.9. The van der Waals surface area contributed by atoms with Crippen LogP contribution in [0.3, 0.4) is 0 Å². The van der Waals surface area contributed by atoms with Gasteiger partial charge < -0.3 is 9.30 Å². The van der Waals surface area contributed by atoms with Gasteiger partial charge in [-0.3, -0.25) is 4.90 Å². The van der Waals surface area contributed by atoms with Gasteiger partial charge in [-0.25, -0.2) is 9.78 Å². The number of hydrogen-bond donors (Lipinski definition) is 0. The molecule has 0 aromatic carbocycles. The molecule has 0 bridgehead atoms. The summed E-state index contributed by atoms with van der Waals surface area (Å²) in [5, 5.41) is 0. The van der Waals surface area contributed by atoms with Crippen LogP contribution in [0.25, 0.3) is 5.57 Å². The number of imidazole rings is 1. The highest BCUT2D eigenvalue weighted by molar-refractivity contribution is 9.13. The third-order valence-corrected chi connectivity index (χ3v) is 5.75. The van der Waals surface area contributed by atoms with Gasteiger partial charge in [-0.2, -0.15) is 0 Å². The summed E-state index contributed by atoms with van der Waals surface area (Å²) >= 11 is 6.94. The van der Waals surface area contributed by atoms with Crippen molar-refractivity contribution in [3.05, 3.63) is 21.1 Å². The molecule has 0 aliphatic carbocycles. The predicted molar refractivity (Wildman–Crippen MR) is 98.2 cm³/mol. The van der Waals surface area contributed by atoms with Gasteiger partial charge in [0, 0.05) is 19.1 Å². The van der Waals surface area contributed by atoms with Gasteiger partial charge >= 0.3 is 6.09 Å². The van der Waals surface area contributed by atoms with E-state index in [0.717, 1.165) is 27.0 Å². The number of carbonyl (C=O) groups is 1. The molecule has 0 fully saturated rings. The first-order valence-electron chi connectivity index (χ1n) is 7.50. The lowest BCUT2D eigenvalue weighted by Crippen LogP contribution is -2.51. The second kappa shape index (κ2) is 6.24. The SMILES string of the molecule is Cn1c(C2=CCN(C(=O)OC(C)(C)C)C(C)(C)C2)nc(Br)c1Br. The van der Waals surface area contributed by atoms with Crippen molar-refractivity contribution in [1.82, 2.24) is 14.5 Å². The molecule has 0 atom stereocenters. The molecule has 2 heterocycles. The van der Waals surface area contributed by atoms with E-state index in [1.807, 2.05) is 32.4 Å². The number of amides is 1. The Morgan fingerprint density at radius 2 is 1.96 bits per heavy atom. The fraction of sp³-hybridized carbons (Fsp3) is 0.625. The summed E-state index contributed by atoms with van der Waals surface area (Å²) in [6.07, 6.45) is 2.49. The molecule has 2 rings (SSSR count). The van der Waals surface area contributed by atoms with E-state index in [1.165, 1.54) is 0 Å². The van der Waals surface area contributed by atoms with Crippen molar-refractivity contribution in [3.63, 3.8) is 0 Å². The fourth-order valence-electron chi connectivity index (χ4n) is 2.62. The molecule has 0 saturated heterocycles. The Labute approximate surface area is 154 Å². The third kappa shape index (κ3) is 3.99. The van der Waals surface area contributed by atoms with Crippen LogP contribution in [0.5, 0.6) is 0 Å². The van der Waals surface area contributed by atoms with Gasteiger partial charge in [-0.15, -0.1) is 0 Å². The molecule has 23 heavy (non-hydrogen) atoms. The van der Waals surface area contributed by atoms with Crippen LogP contribution in [0, 0.1) is 0 Å². The van der Waals surface area contributed by atoms with Gasteiger partial charge in [0.2, 0.25) is 0 Å². The highest BCUT2D eigenvalue weighted by Gasteiger charge is 2.37. The van der Waals surface area contributed by atoms with Crippen LogP contribution in [0.15, 0.2) is 15.3 Å². The van der Waals surface area contributed by atoms with Crippen LogP contribution in [0.2, 0.25) is 0 Å². The zero-order valence-electron chi connectivity index (χ0n) is 14.4. The van der Waals surface area contributed by atoms with Crippen LogP contribution in [-0.2, 0) is 11.8 Å². The number of halogens is 2. The maximum atomic E-state index is 12.4. The predicted octanol–water partition coefficient (Wildman–Crippen LogP) is 4.75. The number of rotatable bonds is 1. The molecule has 1 aliphatic rings. The van der Waals surface area contributed by atoms with Crippen LogP contribution >= 0.6 is 31.9 Å². The maximum Gasteiger partial charge on any atom is 0.411 e. The van der Waals surface area contributed by atoms with Gasteiger partial charge in [0.05, 0.1) is 0 Å². The molecule has 0 saturated carbocycles. The van der Waals surface area contributed by atoms with Gasteiger partial charge in [0.1, 0.15) is 20.6 Å². The molecule has 128 valence electrons. The minimum atomic E-state index is -0.493. The Morgan fingerprint density at radius 3 is 2.39 bits per heavy atom. The Hall–Kier alpha value is -0.820. The van der Waals surface area contributed by atoms with E-state index in [4.69, 9.17) is 4.74 Å². The number of carbonyl (C=O) groups excluding carboxylic acids is 1. The molecule has 5 nitrogen and oxygen atoms in total. The topological polar surface area (TPSA) is 47.4 Å². The van der Waals surface area contributed by atoms with E-state index in [1.54, 1.807) is 4.90 Å². The Kier molecular flexibility index (Phi) is 5.02. The normalized spacial score (nSPS) is 17.9. The second-order valence-corrected chi connectivity index (χ2v) is 8.89. The lowest BCUT2D eigenvalue weighted by molar-refractivity contribution is 0.00613.